The second-order valence-electron chi connectivity index (χ2n) is 5.27. The molecule has 0 aromatic carbocycles. The van der Waals surface area contributed by atoms with Crippen LogP contribution in [0.1, 0.15) is 46.0 Å². The Hall–Kier alpha value is -0.570. The van der Waals surface area contributed by atoms with Crippen LogP contribution in [0.3, 0.4) is 0 Å². The molecule has 0 radical (unpaired) electrons. The standard InChI is InChI=1S/C12H24N2O/c1-10(2)8-12(5-3-6-12)9-14-11(15)4-7-13/h10H,3-9,13H2,1-2H3,(H,14,15). The Morgan fingerprint density at radius 3 is 2.53 bits per heavy atom. The van der Waals surface area contributed by atoms with Gasteiger partial charge in [0.25, 0.3) is 0 Å². The minimum absolute atomic E-state index is 0.104. The van der Waals surface area contributed by atoms with E-state index >= 15 is 0 Å². The molecule has 0 heterocycles. The summed E-state index contributed by atoms with van der Waals surface area (Å²) >= 11 is 0. The fraction of sp³-hybridized carbons (Fsp3) is 0.917. The zero-order valence-electron chi connectivity index (χ0n) is 10.0. The molecule has 15 heavy (non-hydrogen) atoms. The lowest BCUT2D eigenvalue weighted by Crippen LogP contribution is -2.43. The van der Waals surface area contributed by atoms with Crippen LogP contribution in [-0.4, -0.2) is 19.0 Å². The van der Waals surface area contributed by atoms with Crippen molar-refractivity contribution in [1.82, 2.24) is 5.32 Å². The van der Waals surface area contributed by atoms with E-state index in [0.717, 1.165) is 12.5 Å². The molecule has 3 nitrogen and oxygen atoms in total. The van der Waals surface area contributed by atoms with Crippen molar-refractivity contribution in [3.8, 4) is 0 Å². The van der Waals surface area contributed by atoms with Crippen LogP contribution in [0.25, 0.3) is 0 Å². The second kappa shape index (κ2) is 5.50. The number of carbonyl (C=O) groups excluding carboxylic acids is 1. The maximum atomic E-state index is 11.3. The van der Waals surface area contributed by atoms with Gasteiger partial charge in [-0.25, -0.2) is 0 Å². The zero-order valence-corrected chi connectivity index (χ0v) is 10.0. The van der Waals surface area contributed by atoms with E-state index in [1.807, 2.05) is 0 Å². The van der Waals surface area contributed by atoms with Gasteiger partial charge in [-0.15, -0.1) is 0 Å². The Morgan fingerprint density at radius 2 is 2.13 bits per heavy atom. The molecule has 1 fully saturated rings. The fourth-order valence-corrected chi connectivity index (χ4v) is 2.50. The highest BCUT2D eigenvalue weighted by Crippen LogP contribution is 2.45. The minimum atomic E-state index is 0.104. The highest BCUT2D eigenvalue weighted by Gasteiger charge is 2.37. The summed E-state index contributed by atoms with van der Waals surface area (Å²) in [6.45, 7) is 5.80. The average Bonchev–Trinajstić information content (AvgIpc) is 2.09. The van der Waals surface area contributed by atoms with Crippen molar-refractivity contribution < 1.29 is 4.79 Å². The van der Waals surface area contributed by atoms with Gasteiger partial charge in [0.05, 0.1) is 0 Å². The van der Waals surface area contributed by atoms with E-state index in [0.29, 0.717) is 18.4 Å². The summed E-state index contributed by atoms with van der Waals surface area (Å²) in [5, 5.41) is 3.01. The lowest BCUT2D eigenvalue weighted by atomic mass is 9.64. The van der Waals surface area contributed by atoms with Gasteiger partial charge >= 0.3 is 0 Å². The first-order valence-corrected chi connectivity index (χ1v) is 6.05. The number of hydrogen-bond donors (Lipinski definition) is 2. The predicted octanol–water partition coefficient (Wildman–Crippen LogP) is 1.67. The molecule has 0 saturated heterocycles. The smallest absolute Gasteiger partial charge is 0.221 e. The van der Waals surface area contributed by atoms with Gasteiger partial charge in [0.15, 0.2) is 0 Å². The fourth-order valence-electron chi connectivity index (χ4n) is 2.50. The van der Waals surface area contributed by atoms with E-state index < -0.39 is 0 Å². The van der Waals surface area contributed by atoms with Crippen molar-refractivity contribution in [2.24, 2.45) is 17.1 Å². The third-order valence-electron chi connectivity index (χ3n) is 3.29. The molecule has 1 saturated carbocycles. The maximum absolute atomic E-state index is 11.3. The molecule has 0 unspecified atom stereocenters. The van der Waals surface area contributed by atoms with Crippen molar-refractivity contribution in [3.63, 3.8) is 0 Å². The minimum Gasteiger partial charge on any atom is -0.356 e. The predicted molar refractivity (Wildman–Crippen MR) is 62.4 cm³/mol. The highest BCUT2D eigenvalue weighted by molar-refractivity contribution is 5.76. The molecule has 0 atom stereocenters. The lowest BCUT2D eigenvalue weighted by molar-refractivity contribution is -0.121. The monoisotopic (exact) mass is 212 g/mol. The average molecular weight is 212 g/mol. The molecule has 1 aliphatic rings. The first kappa shape index (κ1) is 12.5. The molecular weight excluding hydrogens is 188 g/mol. The zero-order chi connectivity index (χ0) is 11.3. The van der Waals surface area contributed by atoms with E-state index in [-0.39, 0.29) is 5.91 Å². The Kier molecular flexibility index (Phi) is 4.58. The number of amides is 1. The molecule has 88 valence electrons. The molecule has 0 aliphatic heterocycles. The van der Waals surface area contributed by atoms with Crippen LogP contribution < -0.4 is 11.1 Å². The van der Waals surface area contributed by atoms with Crippen LogP contribution in [0, 0.1) is 11.3 Å². The molecule has 3 heteroatoms. The molecule has 0 bridgehead atoms. The maximum Gasteiger partial charge on any atom is 0.221 e. The topological polar surface area (TPSA) is 55.1 Å². The van der Waals surface area contributed by atoms with Crippen molar-refractivity contribution in [1.29, 1.82) is 0 Å². The molecule has 0 aromatic heterocycles. The molecule has 1 aliphatic carbocycles. The van der Waals surface area contributed by atoms with Gasteiger partial charge in [-0.2, -0.15) is 0 Å². The number of nitrogens with two attached hydrogens (primary N) is 1. The number of nitrogens with one attached hydrogen (secondary N) is 1. The van der Waals surface area contributed by atoms with Gasteiger partial charge in [0.1, 0.15) is 0 Å². The van der Waals surface area contributed by atoms with Crippen LogP contribution in [0.4, 0.5) is 0 Å². The van der Waals surface area contributed by atoms with Crippen LogP contribution >= 0.6 is 0 Å². The van der Waals surface area contributed by atoms with Gasteiger partial charge < -0.3 is 11.1 Å². The Balaban J connectivity index is 2.30. The van der Waals surface area contributed by atoms with E-state index in [1.54, 1.807) is 0 Å². The largest absolute Gasteiger partial charge is 0.356 e. The Morgan fingerprint density at radius 1 is 1.47 bits per heavy atom. The first-order valence-electron chi connectivity index (χ1n) is 6.05. The van der Waals surface area contributed by atoms with Crippen LogP contribution in [0.5, 0.6) is 0 Å². The van der Waals surface area contributed by atoms with Crippen molar-refractivity contribution in [3.05, 3.63) is 0 Å². The van der Waals surface area contributed by atoms with Crippen molar-refractivity contribution in [2.75, 3.05) is 13.1 Å². The molecule has 1 rings (SSSR count). The number of rotatable bonds is 6. The van der Waals surface area contributed by atoms with Crippen LogP contribution in [-0.2, 0) is 4.79 Å². The third-order valence-corrected chi connectivity index (χ3v) is 3.29. The van der Waals surface area contributed by atoms with E-state index in [9.17, 15) is 4.79 Å². The highest BCUT2D eigenvalue weighted by atomic mass is 16.1. The molecule has 3 N–H and O–H groups in total. The molecular formula is C12H24N2O. The number of carbonyl (C=O) groups is 1. The molecule has 1 amide bonds. The molecule has 0 aromatic rings. The van der Waals surface area contributed by atoms with E-state index in [4.69, 9.17) is 5.73 Å². The summed E-state index contributed by atoms with van der Waals surface area (Å²) in [4.78, 5) is 11.3. The van der Waals surface area contributed by atoms with Crippen LogP contribution in [0.2, 0.25) is 0 Å². The summed E-state index contributed by atoms with van der Waals surface area (Å²) in [5.41, 5.74) is 5.74. The normalized spacial score (nSPS) is 18.7. The summed E-state index contributed by atoms with van der Waals surface area (Å²) in [6, 6.07) is 0. The van der Waals surface area contributed by atoms with Gasteiger partial charge in [0.2, 0.25) is 5.91 Å². The van der Waals surface area contributed by atoms with Gasteiger partial charge in [-0.05, 0) is 30.6 Å². The van der Waals surface area contributed by atoms with Crippen molar-refractivity contribution in [2.45, 2.75) is 46.0 Å². The Bertz CT molecular complexity index is 210. The Labute approximate surface area is 92.8 Å². The second-order valence-corrected chi connectivity index (χ2v) is 5.27. The van der Waals surface area contributed by atoms with Gasteiger partial charge in [0, 0.05) is 19.5 Å². The summed E-state index contributed by atoms with van der Waals surface area (Å²) in [7, 11) is 0. The van der Waals surface area contributed by atoms with E-state index in [1.165, 1.54) is 25.7 Å². The van der Waals surface area contributed by atoms with E-state index in [2.05, 4.69) is 19.2 Å². The van der Waals surface area contributed by atoms with Gasteiger partial charge in [-0.3, -0.25) is 4.79 Å². The summed E-state index contributed by atoms with van der Waals surface area (Å²) in [6.07, 6.45) is 5.55. The lowest BCUT2D eigenvalue weighted by Gasteiger charge is -2.43. The third kappa shape index (κ3) is 3.82. The molecule has 0 spiro atoms. The van der Waals surface area contributed by atoms with Gasteiger partial charge in [-0.1, -0.05) is 20.3 Å². The van der Waals surface area contributed by atoms with Crippen LogP contribution in [0.15, 0.2) is 0 Å². The van der Waals surface area contributed by atoms with Crippen molar-refractivity contribution >= 4 is 5.91 Å². The summed E-state index contributed by atoms with van der Waals surface area (Å²) in [5.74, 6) is 0.823. The number of hydrogen-bond acceptors (Lipinski definition) is 2. The quantitative estimate of drug-likeness (QED) is 0.703. The SMILES string of the molecule is CC(C)CC1(CNC(=O)CCN)CCC1. The summed E-state index contributed by atoms with van der Waals surface area (Å²) < 4.78 is 0. The first-order chi connectivity index (χ1) is 7.08.